The van der Waals surface area contributed by atoms with Crippen LogP contribution >= 0.6 is 23.6 Å². The number of amides is 1. The Morgan fingerprint density at radius 3 is 2.65 bits per heavy atom. The van der Waals surface area contributed by atoms with E-state index in [2.05, 4.69) is 5.32 Å². The molecule has 3 N–H and O–H groups in total. The molecule has 2 aromatic rings. The van der Waals surface area contributed by atoms with E-state index in [-0.39, 0.29) is 11.9 Å². The molecule has 0 unspecified atom stereocenters. The Labute approximate surface area is 145 Å². The van der Waals surface area contributed by atoms with Gasteiger partial charge in [0, 0.05) is 6.04 Å². The molecule has 122 valence electrons. The summed E-state index contributed by atoms with van der Waals surface area (Å²) in [7, 11) is 0. The van der Waals surface area contributed by atoms with E-state index in [1.54, 1.807) is 0 Å². The van der Waals surface area contributed by atoms with Crippen molar-refractivity contribution in [2.45, 2.75) is 44.7 Å². The number of thiazole rings is 1. The van der Waals surface area contributed by atoms with Crippen molar-refractivity contribution in [3.05, 3.63) is 44.7 Å². The van der Waals surface area contributed by atoms with Gasteiger partial charge in [-0.25, -0.2) is 0 Å². The van der Waals surface area contributed by atoms with Crippen molar-refractivity contribution in [1.29, 1.82) is 0 Å². The molecular formula is C17H21N3OS2. The molecule has 0 bridgehead atoms. The smallest absolute Gasteiger partial charge is 0.265 e. The van der Waals surface area contributed by atoms with Gasteiger partial charge in [-0.1, -0.05) is 60.9 Å². The Balaban J connectivity index is 1.77. The summed E-state index contributed by atoms with van der Waals surface area (Å²) in [6, 6.07) is 10.3. The molecule has 1 aromatic carbocycles. The summed E-state index contributed by atoms with van der Waals surface area (Å²) in [5.41, 5.74) is 7.32. The van der Waals surface area contributed by atoms with Crippen molar-refractivity contribution in [1.82, 2.24) is 9.88 Å². The molecule has 0 aliphatic heterocycles. The normalized spacial score (nSPS) is 15.5. The summed E-state index contributed by atoms with van der Waals surface area (Å²) in [6.45, 7) is 0.596. The Kier molecular flexibility index (Phi) is 5.13. The Morgan fingerprint density at radius 1 is 1.26 bits per heavy atom. The third kappa shape index (κ3) is 3.82. The molecule has 1 aliphatic carbocycles. The summed E-state index contributed by atoms with van der Waals surface area (Å²) in [6.07, 6.45) is 5.75. The predicted octanol–water partition coefficient (Wildman–Crippen LogP) is 3.97. The first-order chi connectivity index (χ1) is 11.1. The minimum Gasteiger partial charge on any atom is -0.384 e. The van der Waals surface area contributed by atoms with Crippen LogP contribution in [0.4, 0.5) is 5.82 Å². The molecule has 0 saturated heterocycles. The molecular weight excluding hydrogens is 326 g/mol. The van der Waals surface area contributed by atoms with Crippen LogP contribution in [0, 0.1) is 3.95 Å². The number of hydrogen-bond acceptors (Lipinski definition) is 4. The topological polar surface area (TPSA) is 60.1 Å². The largest absolute Gasteiger partial charge is 0.384 e. The van der Waals surface area contributed by atoms with Crippen LogP contribution in [-0.4, -0.2) is 16.5 Å². The molecule has 1 fully saturated rings. The zero-order valence-electron chi connectivity index (χ0n) is 13.0. The highest BCUT2D eigenvalue weighted by atomic mass is 32.1. The number of nitrogen functional groups attached to an aromatic ring is 1. The zero-order chi connectivity index (χ0) is 16.2. The molecule has 1 amide bonds. The van der Waals surface area contributed by atoms with Crippen LogP contribution in [0.25, 0.3) is 0 Å². The lowest BCUT2D eigenvalue weighted by Gasteiger charge is -2.22. The van der Waals surface area contributed by atoms with Crippen molar-refractivity contribution in [2.75, 3.05) is 5.73 Å². The van der Waals surface area contributed by atoms with E-state index in [1.807, 2.05) is 34.9 Å². The van der Waals surface area contributed by atoms with Gasteiger partial charge in [-0.15, -0.1) is 0 Å². The highest BCUT2D eigenvalue weighted by Crippen LogP contribution is 2.24. The Bertz CT molecular complexity index is 730. The number of nitrogens with zero attached hydrogens (tertiary/aromatic N) is 1. The monoisotopic (exact) mass is 347 g/mol. The van der Waals surface area contributed by atoms with E-state index in [4.69, 9.17) is 18.0 Å². The van der Waals surface area contributed by atoms with Crippen molar-refractivity contribution in [3.8, 4) is 0 Å². The van der Waals surface area contributed by atoms with Crippen LogP contribution in [0.2, 0.25) is 0 Å². The lowest BCUT2D eigenvalue weighted by molar-refractivity contribution is 0.0932. The molecule has 1 aromatic heterocycles. The number of carbonyl (C=O) groups is 1. The van der Waals surface area contributed by atoms with Crippen LogP contribution < -0.4 is 11.1 Å². The molecule has 3 rings (SSSR count). The van der Waals surface area contributed by atoms with Gasteiger partial charge in [0.1, 0.15) is 10.7 Å². The van der Waals surface area contributed by atoms with Gasteiger partial charge < -0.3 is 15.6 Å². The summed E-state index contributed by atoms with van der Waals surface area (Å²) in [4.78, 5) is 13.0. The number of rotatable bonds is 4. The van der Waals surface area contributed by atoms with E-state index in [0.29, 0.717) is 21.2 Å². The third-order valence-corrected chi connectivity index (χ3v) is 5.73. The van der Waals surface area contributed by atoms with E-state index >= 15 is 0 Å². The minimum atomic E-state index is -0.0858. The third-order valence-electron chi connectivity index (χ3n) is 4.26. The Hall–Kier alpha value is -1.66. The molecule has 1 saturated carbocycles. The maximum absolute atomic E-state index is 12.5. The van der Waals surface area contributed by atoms with Crippen LogP contribution in [0.15, 0.2) is 30.3 Å². The van der Waals surface area contributed by atoms with Crippen LogP contribution in [0.3, 0.4) is 0 Å². The highest BCUT2D eigenvalue weighted by molar-refractivity contribution is 7.73. The van der Waals surface area contributed by atoms with Crippen LogP contribution in [0.5, 0.6) is 0 Å². The van der Waals surface area contributed by atoms with Gasteiger partial charge in [0.15, 0.2) is 3.95 Å². The van der Waals surface area contributed by atoms with Gasteiger partial charge in [0.05, 0.1) is 6.54 Å². The number of carbonyl (C=O) groups excluding carboxylic acids is 1. The first-order valence-corrected chi connectivity index (χ1v) is 9.21. The van der Waals surface area contributed by atoms with E-state index in [0.717, 1.165) is 18.4 Å². The first kappa shape index (κ1) is 16.2. The minimum absolute atomic E-state index is 0.0858. The second kappa shape index (κ2) is 7.27. The quantitative estimate of drug-likeness (QED) is 0.823. The predicted molar refractivity (Wildman–Crippen MR) is 97.4 cm³/mol. The zero-order valence-corrected chi connectivity index (χ0v) is 14.6. The van der Waals surface area contributed by atoms with Crippen molar-refractivity contribution in [3.63, 3.8) is 0 Å². The number of aromatic nitrogens is 1. The number of nitrogens with two attached hydrogens (primary N) is 1. The number of hydrogen-bond donors (Lipinski definition) is 2. The lowest BCUT2D eigenvalue weighted by atomic mass is 9.95. The fourth-order valence-corrected chi connectivity index (χ4v) is 4.22. The van der Waals surface area contributed by atoms with Crippen molar-refractivity contribution >= 4 is 35.3 Å². The van der Waals surface area contributed by atoms with E-state index in [1.165, 1.54) is 30.6 Å². The van der Waals surface area contributed by atoms with Gasteiger partial charge in [0.2, 0.25) is 0 Å². The number of nitrogens with one attached hydrogen (secondary N) is 1. The lowest BCUT2D eigenvalue weighted by Crippen LogP contribution is -2.36. The number of anilines is 1. The molecule has 1 aliphatic rings. The fourth-order valence-electron chi connectivity index (χ4n) is 2.99. The summed E-state index contributed by atoms with van der Waals surface area (Å²) in [5, 5.41) is 3.11. The second-order valence-corrected chi connectivity index (χ2v) is 7.61. The van der Waals surface area contributed by atoms with Gasteiger partial charge >= 0.3 is 0 Å². The van der Waals surface area contributed by atoms with E-state index in [9.17, 15) is 4.79 Å². The van der Waals surface area contributed by atoms with E-state index < -0.39 is 0 Å². The van der Waals surface area contributed by atoms with Crippen molar-refractivity contribution in [2.24, 2.45) is 0 Å². The maximum Gasteiger partial charge on any atom is 0.265 e. The van der Waals surface area contributed by atoms with Gasteiger partial charge in [-0.3, -0.25) is 4.79 Å². The van der Waals surface area contributed by atoms with Crippen molar-refractivity contribution < 1.29 is 4.79 Å². The average Bonchev–Trinajstić information content (AvgIpc) is 2.85. The standard InChI is InChI=1S/C17H21N3OS2/c18-15-14(16(21)19-13-9-5-2-6-10-13)23-17(22)20(15)11-12-7-3-1-4-8-12/h1,3-4,7-8,13H,2,5-6,9-11,18H2,(H,19,21). The summed E-state index contributed by atoms with van der Waals surface area (Å²) < 4.78 is 2.48. The summed E-state index contributed by atoms with van der Waals surface area (Å²) in [5.74, 6) is 0.384. The van der Waals surface area contributed by atoms with Crippen LogP contribution in [-0.2, 0) is 6.54 Å². The molecule has 1 heterocycles. The first-order valence-electron chi connectivity index (χ1n) is 7.99. The maximum atomic E-state index is 12.5. The number of benzene rings is 1. The summed E-state index contributed by atoms with van der Waals surface area (Å²) >= 11 is 6.70. The van der Waals surface area contributed by atoms with Gasteiger partial charge in [-0.2, -0.15) is 0 Å². The molecule has 6 heteroatoms. The average molecular weight is 348 g/mol. The molecule has 23 heavy (non-hydrogen) atoms. The van der Waals surface area contributed by atoms with Crippen LogP contribution in [0.1, 0.15) is 47.3 Å². The second-order valence-electron chi connectivity index (χ2n) is 5.96. The van der Waals surface area contributed by atoms with Gasteiger partial charge in [-0.05, 0) is 30.6 Å². The molecule has 0 radical (unpaired) electrons. The van der Waals surface area contributed by atoms with Gasteiger partial charge in [0.25, 0.3) is 5.91 Å². The molecule has 4 nitrogen and oxygen atoms in total. The fraction of sp³-hybridized carbons (Fsp3) is 0.412. The SMILES string of the molecule is Nc1c(C(=O)NC2CCCCC2)sc(=S)n1Cc1ccccc1. The highest BCUT2D eigenvalue weighted by Gasteiger charge is 2.21. The molecule has 0 atom stereocenters. The Morgan fingerprint density at radius 2 is 1.96 bits per heavy atom. The molecule has 0 spiro atoms.